The number of sulfonamides is 1. The Morgan fingerprint density at radius 1 is 1.03 bits per heavy atom. The van der Waals surface area contributed by atoms with Crippen molar-refractivity contribution in [3.63, 3.8) is 0 Å². The molecule has 1 fully saturated rings. The van der Waals surface area contributed by atoms with Gasteiger partial charge in [-0.1, -0.05) is 6.42 Å². The van der Waals surface area contributed by atoms with Crippen LogP contribution in [0, 0.1) is 5.82 Å². The van der Waals surface area contributed by atoms with Crippen LogP contribution in [-0.4, -0.2) is 37.1 Å². The van der Waals surface area contributed by atoms with Gasteiger partial charge in [-0.15, -0.1) is 11.3 Å². The highest BCUT2D eigenvalue weighted by Gasteiger charge is 2.39. The normalized spacial score (nSPS) is 19.5. The lowest BCUT2D eigenvalue weighted by molar-refractivity contribution is -0.125. The van der Waals surface area contributed by atoms with Gasteiger partial charge in [-0.3, -0.25) is 20.4 Å². The van der Waals surface area contributed by atoms with Crippen LogP contribution in [-0.2, 0) is 27.7 Å². The number of benzene rings is 1. The smallest absolute Gasteiger partial charge is 0.271 e. The fourth-order valence-electron chi connectivity index (χ4n) is 4.07. The average molecular weight is 466 g/mol. The van der Waals surface area contributed by atoms with E-state index >= 15 is 0 Å². The number of nitrogens with zero attached hydrogens (tertiary/aromatic N) is 1. The number of rotatable bonds is 4. The van der Waals surface area contributed by atoms with Crippen molar-refractivity contribution < 1.29 is 22.4 Å². The standard InChI is InChI=1S/C21H24FN3O4S2/c22-15-8-10-16(11-9-15)31(28,29)25-12-4-6-17(25)20(26)23-24-21(27)19-13-14-5-2-1-3-7-18(14)30-19/h8-11,13,17H,1-7,12H2,(H,23,26)(H,24,27). The summed E-state index contributed by atoms with van der Waals surface area (Å²) in [5, 5.41) is 0. The molecule has 2 heterocycles. The molecule has 1 aromatic carbocycles. The third-order valence-electron chi connectivity index (χ3n) is 5.70. The molecule has 1 aromatic heterocycles. The number of nitrogens with one attached hydrogen (secondary N) is 2. The molecule has 0 bridgehead atoms. The van der Waals surface area contributed by atoms with Crippen molar-refractivity contribution in [2.75, 3.05) is 6.54 Å². The number of carbonyl (C=O) groups excluding carboxylic acids is 2. The van der Waals surface area contributed by atoms with E-state index in [0.29, 0.717) is 17.7 Å². The Morgan fingerprint density at radius 2 is 1.77 bits per heavy atom. The number of aryl methyl sites for hydroxylation is 2. The van der Waals surface area contributed by atoms with Gasteiger partial charge in [0.1, 0.15) is 11.9 Å². The van der Waals surface area contributed by atoms with Gasteiger partial charge in [-0.05, 0) is 74.4 Å². The highest BCUT2D eigenvalue weighted by atomic mass is 32.2. The van der Waals surface area contributed by atoms with Crippen molar-refractivity contribution in [2.45, 2.75) is 55.9 Å². The highest BCUT2D eigenvalue weighted by Crippen LogP contribution is 2.29. The van der Waals surface area contributed by atoms with E-state index in [1.807, 2.05) is 6.07 Å². The lowest BCUT2D eigenvalue weighted by Gasteiger charge is -2.23. The Balaban J connectivity index is 1.41. The van der Waals surface area contributed by atoms with Crippen molar-refractivity contribution in [2.24, 2.45) is 0 Å². The number of fused-ring (bicyclic) bond motifs is 1. The topological polar surface area (TPSA) is 95.6 Å². The molecule has 166 valence electrons. The molecule has 2 N–H and O–H groups in total. The summed E-state index contributed by atoms with van der Waals surface area (Å²) in [5.74, 6) is -1.53. The summed E-state index contributed by atoms with van der Waals surface area (Å²) in [6.07, 6.45) is 6.21. The molecule has 0 spiro atoms. The predicted molar refractivity (Wildman–Crippen MR) is 115 cm³/mol. The summed E-state index contributed by atoms with van der Waals surface area (Å²) >= 11 is 1.44. The minimum absolute atomic E-state index is 0.0716. The summed E-state index contributed by atoms with van der Waals surface area (Å²) in [4.78, 5) is 26.9. The number of thiophene rings is 1. The summed E-state index contributed by atoms with van der Waals surface area (Å²) in [6, 6.07) is 5.45. The predicted octanol–water partition coefficient (Wildman–Crippen LogP) is 2.77. The van der Waals surface area contributed by atoms with E-state index < -0.39 is 33.7 Å². The number of carbonyl (C=O) groups is 2. The third kappa shape index (κ3) is 4.65. The zero-order valence-electron chi connectivity index (χ0n) is 16.9. The van der Waals surface area contributed by atoms with Gasteiger partial charge in [-0.2, -0.15) is 4.31 Å². The van der Waals surface area contributed by atoms with Gasteiger partial charge in [0.05, 0.1) is 9.77 Å². The maximum absolute atomic E-state index is 13.2. The minimum Gasteiger partial charge on any atom is -0.271 e. The maximum Gasteiger partial charge on any atom is 0.279 e. The Bertz CT molecular complexity index is 1060. The molecule has 2 aromatic rings. The Hall–Kier alpha value is -2.30. The molecule has 1 unspecified atom stereocenters. The third-order valence-corrected chi connectivity index (χ3v) is 8.85. The molecule has 2 aliphatic rings. The van der Waals surface area contributed by atoms with E-state index in [-0.39, 0.29) is 11.4 Å². The first-order chi connectivity index (χ1) is 14.9. The summed E-state index contributed by atoms with van der Waals surface area (Å²) in [7, 11) is -3.95. The first-order valence-corrected chi connectivity index (χ1v) is 12.6. The van der Waals surface area contributed by atoms with E-state index in [0.717, 1.165) is 42.1 Å². The van der Waals surface area contributed by atoms with E-state index in [4.69, 9.17) is 0 Å². The molecule has 0 radical (unpaired) electrons. The molecule has 0 saturated carbocycles. The minimum atomic E-state index is -3.95. The van der Waals surface area contributed by atoms with Crippen LogP contribution in [0.25, 0.3) is 0 Å². The molecular weight excluding hydrogens is 441 g/mol. The molecule has 4 rings (SSSR count). The first-order valence-electron chi connectivity index (χ1n) is 10.4. The SMILES string of the molecule is O=C(NNC(=O)C1CCCN1S(=O)(=O)c1ccc(F)cc1)c1cc2c(s1)CCCCC2. The zero-order valence-corrected chi connectivity index (χ0v) is 18.5. The molecule has 10 heteroatoms. The second-order valence-electron chi connectivity index (χ2n) is 7.79. The largest absolute Gasteiger partial charge is 0.279 e. The van der Waals surface area contributed by atoms with Crippen molar-refractivity contribution in [3.05, 3.63) is 51.5 Å². The summed E-state index contributed by atoms with van der Waals surface area (Å²) in [6.45, 7) is 0.184. The van der Waals surface area contributed by atoms with Crippen LogP contribution >= 0.6 is 11.3 Å². The molecule has 1 atom stereocenters. The van der Waals surface area contributed by atoms with Gasteiger partial charge < -0.3 is 0 Å². The number of hydrazine groups is 1. The van der Waals surface area contributed by atoms with Gasteiger partial charge in [0.2, 0.25) is 10.0 Å². The second kappa shape index (κ2) is 9.05. The summed E-state index contributed by atoms with van der Waals surface area (Å²) < 4.78 is 40.1. The van der Waals surface area contributed by atoms with Crippen molar-refractivity contribution in [3.8, 4) is 0 Å². The van der Waals surface area contributed by atoms with E-state index in [2.05, 4.69) is 10.9 Å². The van der Waals surface area contributed by atoms with Crippen LogP contribution in [0.15, 0.2) is 35.2 Å². The fraction of sp³-hybridized carbons (Fsp3) is 0.429. The lowest BCUT2D eigenvalue weighted by Crippen LogP contribution is -2.51. The van der Waals surface area contributed by atoms with Crippen molar-refractivity contribution in [1.29, 1.82) is 0 Å². The molecular formula is C21H24FN3O4S2. The fourth-order valence-corrected chi connectivity index (χ4v) is 6.88. The van der Waals surface area contributed by atoms with Gasteiger partial charge in [0.25, 0.3) is 11.8 Å². The average Bonchev–Trinajstić information content (AvgIpc) is 3.35. The Labute approximate surface area is 184 Å². The Kier molecular flexibility index (Phi) is 6.40. The van der Waals surface area contributed by atoms with Crippen LogP contribution < -0.4 is 10.9 Å². The quantitative estimate of drug-likeness (QED) is 0.536. The van der Waals surface area contributed by atoms with E-state index in [1.165, 1.54) is 40.3 Å². The number of hydrogen-bond acceptors (Lipinski definition) is 5. The van der Waals surface area contributed by atoms with Crippen molar-refractivity contribution >= 4 is 33.2 Å². The molecule has 1 saturated heterocycles. The zero-order chi connectivity index (χ0) is 22.0. The van der Waals surface area contributed by atoms with E-state index in [1.54, 1.807) is 0 Å². The number of amides is 2. The molecule has 7 nitrogen and oxygen atoms in total. The maximum atomic E-state index is 13.2. The Morgan fingerprint density at radius 3 is 2.55 bits per heavy atom. The van der Waals surface area contributed by atoms with Gasteiger partial charge in [-0.25, -0.2) is 12.8 Å². The lowest BCUT2D eigenvalue weighted by atomic mass is 10.1. The summed E-state index contributed by atoms with van der Waals surface area (Å²) in [5.41, 5.74) is 6.00. The van der Waals surface area contributed by atoms with Crippen LogP contribution in [0.5, 0.6) is 0 Å². The number of hydrogen-bond donors (Lipinski definition) is 2. The van der Waals surface area contributed by atoms with Gasteiger partial charge >= 0.3 is 0 Å². The van der Waals surface area contributed by atoms with Gasteiger partial charge in [0, 0.05) is 11.4 Å². The van der Waals surface area contributed by atoms with Crippen LogP contribution in [0.4, 0.5) is 4.39 Å². The molecule has 2 amide bonds. The monoisotopic (exact) mass is 465 g/mol. The van der Waals surface area contributed by atoms with Gasteiger partial charge in [0.15, 0.2) is 0 Å². The van der Waals surface area contributed by atoms with Crippen LogP contribution in [0.1, 0.15) is 52.2 Å². The van der Waals surface area contributed by atoms with E-state index in [9.17, 15) is 22.4 Å². The molecule has 1 aliphatic heterocycles. The van der Waals surface area contributed by atoms with Crippen molar-refractivity contribution in [1.82, 2.24) is 15.2 Å². The van der Waals surface area contributed by atoms with Crippen LogP contribution in [0.3, 0.4) is 0 Å². The highest BCUT2D eigenvalue weighted by molar-refractivity contribution is 7.89. The molecule has 1 aliphatic carbocycles. The second-order valence-corrected chi connectivity index (χ2v) is 10.8. The molecule has 31 heavy (non-hydrogen) atoms. The van der Waals surface area contributed by atoms with Crippen LogP contribution in [0.2, 0.25) is 0 Å². The first kappa shape index (κ1) is 21.9. The number of halogens is 1.